The van der Waals surface area contributed by atoms with E-state index in [1.54, 1.807) is 18.2 Å². The summed E-state index contributed by atoms with van der Waals surface area (Å²) in [5.41, 5.74) is 3.33. The number of nitrogens with zero attached hydrogens (tertiary/aromatic N) is 1. The minimum atomic E-state index is -0.372. The highest BCUT2D eigenvalue weighted by Crippen LogP contribution is 2.22. The van der Waals surface area contributed by atoms with Crippen LogP contribution < -0.4 is 10.4 Å². The molecular formula is C19H17NO4. The topological polar surface area (TPSA) is 72.0 Å². The Kier molecular flexibility index (Phi) is 4.33. The van der Waals surface area contributed by atoms with Crippen LogP contribution in [-0.4, -0.2) is 17.5 Å². The average Bonchev–Trinajstić information content (AvgIpc) is 2.57. The fourth-order valence-corrected chi connectivity index (χ4v) is 2.46. The molecule has 0 aliphatic heterocycles. The lowest BCUT2D eigenvalue weighted by Crippen LogP contribution is -2.13. The van der Waals surface area contributed by atoms with Crippen molar-refractivity contribution in [3.8, 4) is 5.75 Å². The molecule has 0 saturated heterocycles. The Labute approximate surface area is 138 Å². The van der Waals surface area contributed by atoms with Crippen molar-refractivity contribution < 1.29 is 14.4 Å². The van der Waals surface area contributed by atoms with Crippen molar-refractivity contribution in [2.24, 2.45) is 5.16 Å². The molecule has 2 aromatic carbocycles. The number of hydrogen-bond acceptors (Lipinski definition) is 5. The van der Waals surface area contributed by atoms with Crippen LogP contribution >= 0.6 is 0 Å². The molecule has 0 amide bonds. The summed E-state index contributed by atoms with van der Waals surface area (Å²) in [6.07, 6.45) is 0. The molecule has 1 heterocycles. The van der Waals surface area contributed by atoms with Gasteiger partial charge in [-0.15, -0.1) is 0 Å². The highest BCUT2D eigenvalue weighted by molar-refractivity contribution is 6.01. The summed E-state index contributed by atoms with van der Waals surface area (Å²) in [7, 11) is 0. The van der Waals surface area contributed by atoms with Crippen molar-refractivity contribution in [2.45, 2.75) is 13.8 Å². The maximum atomic E-state index is 11.4. The zero-order valence-electron chi connectivity index (χ0n) is 13.4. The number of aryl methyl sites for hydroxylation is 2. The lowest BCUT2D eigenvalue weighted by Gasteiger charge is -2.09. The molecule has 3 aromatic rings. The molecule has 0 saturated carbocycles. The van der Waals surface area contributed by atoms with Gasteiger partial charge in [0.1, 0.15) is 23.7 Å². The molecule has 24 heavy (non-hydrogen) atoms. The van der Waals surface area contributed by atoms with Gasteiger partial charge in [0.2, 0.25) is 0 Å². The average molecular weight is 323 g/mol. The number of hydrogen-bond donors (Lipinski definition) is 1. The van der Waals surface area contributed by atoms with E-state index in [2.05, 4.69) is 5.16 Å². The summed E-state index contributed by atoms with van der Waals surface area (Å²) in [6, 6.07) is 14.3. The van der Waals surface area contributed by atoms with E-state index in [1.165, 1.54) is 6.07 Å². The van der Waals surface area contributed by atoms with Crippen LogP contribution in [0.1, 0.15) is 16.7 Å². The third-order valence-corrected chi connectivity index (χ3v) is 3.80. The molecule has 0 spiro atoms. The largest absolute Gasteiger partial charge is 0.487 e. The van der Waals surface area contributed by atoms with E-state index in [1.807, 2.05) is 38.1 Å². The zero-order chi connectivity index (χ0) is 17.1. The Bertz CT molecular complexity index is 955. The highest BCUT2D eigenvalue weighted by atomic mass is 16.5. The summed E-state index contributed by atoms with van der Waals surface area (Å²) >= 11 is 0. The van der Waals surface area contributed by atoms with E-state index in [4.69, 9.17) is 9.15 Å². The van der Waals surface area contributed by atoms with Crippen LogP contribution in [0.25, 0.3) is 11.0 Å². The van der Waals surface area contributed by atoms with Crippen LogP contribution in [0.4, 0.5) is 0 Å². The molecule has 5 nitrogen and oxygen atoms in total. The molecule has 0 atom stereocenters. The second-order valence-corrected chi connectivity index (χ2v) is 5.61. The molecule has 1 N–H and O–H groups in total. The van der Waals surface area contributed by atoms with Gasteiger partial charge in [-0.25, -0.2) is 4.79 Å². The van der Waals surface area contributed by atoms with Gasteiger partial charge in [-0.3, -0.25) is 0 Å². The van der Waals surface area contributed by atoms with Crippen molar-refractivity contribution in [2.75, 3.05) is 6.61 Å². The predicted molar refractivity (Wildman–Crippen MR) is 92.2 cm³/mol. The fourth-order valence-electron chi connectivity index (χ4n) is 2.46. The molecule has 0 radical (unpaired) electrons. The Morgan fingerprint density at radius 2 is 1.88 bits per heavy atom. The summed E-state index contributed by atoms with van der Waals surface area (Å²) in [6.45, 7) is 3.96. The minimum Gasteiger partial charge on any atom is -0.487 e. The van der Waals surface area contributed by atoms with E-state index in [9.17, 15) is 10.0 Å². The van der Waals surface area contributed by atoms with E-state index in [0.717, 1.165) is 22.1 Å². The molecule has 122 valence electrons. The monoisotopic (exact) mass is 323 g/mol. The van der Waals surface area contributed by atoms with Crippen LogP contribution in [-0.2, 0) is 0 Å². The van der Waals surface area contributed by atoms with Crippen LogP contribution in [0.2, 0.25) is 0 Å². The Morgan fingerprint density at radius 1 is 1.12 bits per heavy atom. The minimum absolute atomic E-state index is 0.126. The first-order valence-corrected chi connectivity index (χ1v) is 7.52. The standard InChI is InChI=1S/C19H17NO4/c1-12-3-5-14(6-4-12)17(20-22)11-23-15-7-8-18-16(10-15)13(2)9-19(21)24-18/h3-10,22H,11H2,1-2H3. The Morgan fingerprint density at radius 3 is 2.58 bits per heavy atom. The molecule has 5 heteroatoms. The third kappa shape index (κ3) is 3.30. The van der Waals surface area contributed by atoms with Gasteiger partial charge in [0.05, 0.1) is 0 Å². The lowest BCUT2D eigenvalue weighted by molar-refractivity contribution is 0.308. The van der Waals surface area contributed by atoms with Crippen LogP contribution in [0, 0.1) is 13.8 Å². The smallest absolute Gasteiger partial charge is 0.336 e. The Balaban J connectivity index is 1.82. The normalized spacial score (nSPS) is 11.7. The first-order chi connectivity index (χ1) is 11.6. The van der Waals surface area contributed by atoms with Crippen molar-refractivity contribution in [3.05, 3.63) is 75.6 Å². The molecule has 0 fully saturated rings. The zero-order valence-corrected chi connectivity index (χ0v) is 13.4. The van der Waals surface area contributed by atoms with Crippen molar-refractivity contribution in [1.82, 2.24) is 0 Å². The van der Waals surface area contributed by atoms with Crippen molar-refractivity contribution in [3.63, 3.8) is 0 Å². The Hall–Kier alpha value is -3.08. The molecule has 0 unspecified atom stereocenters. The second kappa shape index (κ2) is 6.58. The number of benzene rings is 2. The molecule has 0 aliphatic rings. The van der Waals surface area contributed by atoms with Gasteiger partial charge in [-0.05, 0) is 37.6 Å². The summed E-state index contributed by atoms with van der Waals surface area (Å²) < 4.78 is 10.9. The third-order valence-electron chi connectivity index (χ3n) is 3.80. The summed E-state index contributed by atoms with van der Waals surface area (Å²) in [5, 5.41) is 13.4. The van der Waals surface area contributed by atoms with Crippen LogP contribution in [0.5, 0.6) is 5.75 Å². The summed E-state index contributed by atoms with van der Waals surface area (Å²) in [5.74, 6) is 0.604. The fraction of sp³-hybridized carbons (Fsp3) is 0.158. The summed E-state index contributed by atoms with van der Waals surface area (Å²) in [4.78, 5) is 11.4. The first-order valence-electron chi connectivity index (χ1n) is 7.52. The van der Waals surface area contributed by atoms with Gasteiger partial charge in [-0.1, -0.05) is 35.0 Å². The van der Waals surface area contributed by atoms with Gasteiger partial charge in [0.15, 0.2) is 0 Å². The number of fused-ring (bicyclic) bond motifs is 1. The van der Waals surface area contributed by atoms with E-state index in [0.29, 0.717) is 17.0 Å². The maximum Gasteiger partial charge on any atom is 0.336 e. The van der Waals surface area contributed by atoms with E-state index >= 15 is 0 Å². The number of oxime groups is 1. The van der Waals surface area contributed by atoms with E-state index in [-0.39, 0.29) is 12.2 Å². The number of ether oxygens (including phenoxy) is 1. The maximum absolute atomic E-state index is 11.4. The van der Waals surface area contributed by atoms with Crippen LogP contribution in [0.3, 0.4) is 0 Å². The van der Waals surface area contributed by atoms with Gasteiger partial charge in [0, 0.05) is 17.0 Å². The van der Waals surface area contributed by atoms with Gasteiger partial charge in [0.25, 0.3) is 0 Å². The predicted octanol–water partition coefficient (Wildman–Crippen LogP) is 3.67. The first kappa shape index (κ1) is 15.8. The molecular weight excluding hydrogens is 306 g/mol. The number of rotatable bonds is 4. The van der Waals surface area contributed by atoms with Gasteiger partial charge < -0.3 is 14.4 Å². The lowest BCUT2D eigenvalue weighted by atomic mass is 10.1. The SMILES string of the molecule is Cc1ccc(C(COc2ccc3oc(=O)cc(C)c3c2)=NO)cc1. The second-order valence-electron chi connectivity index (χ2n) is 5.61. The molecule has 1 aromatic heterocycles. The quantitative estimate of drug-likeness (QED) is 0.344. The van der Waals surface area contributed by atoms with E-state index < -0.39 is 0 Å². The van der Waals surface area contributed by atoms with Crippen molar-refractivity contribution in [1.29, 1.82) is 0 Å². The van der Waals surface area contributed by atoms with Crippen LogP contribution in [0.15, 0.2) is 62.9 Å². The van der Waals surface area contributed by atoms with Crippen molar-refractivity contribution >= 4 is 16.7 Å². The van der Waals surface area contributed by atoms with Gasteiger partial charge in [-0.2, -0.15) is 0 Å². The van der Waals surface area contributed by atoms with Gasteiger partial charge >= 0.3 is 5.63 Å². The molecule has 0 bridgehead atoms. The molecule has 3 rings (SSSR count). The highest BCUT2D eigenvalue weighted by Gasteiger charge is 2.08. The molecule has 0 aliphatic carbocycles.